The molecule has 3 aromatic rings. The third kappa shape index (κ3) is 3.86. The predicted molar refractivity (Wildman–Crippen MR) is 85.4 cm³/mol. The van der Waals surface area contributed by atoms with Crippen molar-refractivity contribution in [3.05, 3.63) is 59.7 Å². The van der Waals surface area contributed by atoms with E-state index in [0.29, 0.717) is 10.8 Å². The van der Waals surface area contributed by atoms with Gasteiger partial charge >= 0.3 is 5.97 Å². The standard InChI is InChI=1S/C15H10FN5O3S/c16-11-5-10(6-17-7-11)13(22)8-25-15-18-19-20-21(15)12-3-1-9(2-4-12)14(23)24/h1-7H,8H2,(H,23,24). The van der Waals surface area contributed by atoms with Crippen LogP contribution >= 0.6 is 11.8 Å². The van der Waals surface area contributed by atoms with E-state index in [2.05, 4.69) is 20.5 Å². The normalized spacial score (nSPS) is 10.6. The second-order valence-electron chi connectivity index (χ2n) is 4.83. The molecule has 8 nitrogen and oxygen atoms in total. The number of thioether (sulfide) groups is 1. The molecule has 0 bridgehead atoms. The molecule has 0 spiro atoms. The Labute approximate surface area is 144 Å². The minimum absolute atomic E-state index is 0.00127. The molecule has 0 atom stereocenters. The molecular weight excluding hydrogens is 349 g/mol. The third-order valence-electron chi connectivity index (χ3n) is 3.16. The highest BCUT2D eigenvalue weighted by atomic mass is 32.2. The molecule has 0 amide bonds. The molecule has 0 aliphatic heterocycles. The van der Waals surface area contributed by atoms with Crippen molar-refractivity contribution < 1.29 is 19.1 Å². The molecule has 0 saturated heterocycles. The van der Waals surface area contributed by atoms with Gasteiger partial charge in [-0.1, -0.05) is 11.8 Å². The number of pyridine rings is 1. The van der Waals surface area contributed by atoms with Crippen LogP contribution in [0.2, 0.25) is 0 Å². The van der Waals surface area contributed by atoms with Crippen molar-refractivity contribution in [2.75, 3.05) is 5.75 Å². The van der Waals surface area contributed by atoms with Gasteiger partial charge in [0.15, 0.2) is 5.78 Å². The van der Waals surface area contributed by atoms with Gasteiger partial charge in [-0.25, -0.2) is 9.18 Å². The first-order chi connectivity index (χ1) is 12.0. The summed E-state index contributed by atoms with van der Waals surface area (Å²) >= 11 is 1.08. The van der Waals surface area contributed by atoms with Crippen LogP contribution in [0.4, 0.5) is 4.39 Å². The number of hydrogen-bond donors (Lipinski definition) is 1. The first kappa shape index (κ1) is 16.7. The van der Waals surface area contributed by atoms with Crippen molar-refractivity contribution in [1.29, 1.82) is 0 Å². The van der Waals surface area contributed by atoms with Crippen molar-refractivity contribution in [3.8, 4) is 5.69 Å². The van der Waals surface area contributed by atoms with E-state index in [1.54, 1.807) is 12.1 Å². The summed E-state index contributed by atoms with van der Waals surface area (Å²) in [6.45, 7) is 0. The maximum atomic E-state index is 13.1. The number of ketones is 1. The van der Waals surface area contributed by atoms with Crippen LogP contribution in [-0.2, 0) is 0 Å². The largest absolute Gasteiger partial charge is 0.478 e. The maximum absolute atomic E-state index is 13.1. The SMILES string of the molecule is O=C(O)c1ccc(-n2nnnc2SCC(=O)c2cncc(F)c2)cc1. The number of Topliss-reactive ketones (excluding diaryl/α,β-unsaturated/α-hetero) is 1. The number of carboxylic acid groups (broad SMARTS) is 1. The first-order valence-electron chi connectivity index (χ1n) is 6.93. The zero-order chi connectivity index (χ0) is 17.8. The number of hydrogen-bond acceptors (Lipinski definition) is 7. The number of rotatable bonds is 6. The van der Waals surface area contributed by atoms with Gasteiger partial charge in [-0.2, -0.15) is 4.68 Å². The Morgan fingerprint density at radius 1 is 1.16 bits per heavy atom. The Bertz CT molecular complexity index is 929. The van der Waals surface area contributed by atoms with Gasteiger partial charge in [-0.05, 0) is 40.8 Å². The molecule has 126 valence electrons. The highest BCUT2D eigenvalue weighted by Gasteiger charge is 2.14. The first-order valence-corrected chi connectivity index (χ1v) is 7.92. The summed E-state index contributed by atoms with van der Waals surface area (Å²) in [5, 5.41) is 20.5. The maximum Gasteiger partial charge on any atom is 0.335 e. The second kappa shape index (κ2) is 7.18. The van der Waals surface area contributed by atoms with E-state index >= 15 is 0 Å². The topological polar surface area (TPSA) is 111 Å². The van der Waals surface area contributed by atoms with Crippen LogP contribution in [0.5, 0.6) is 0 Å². The number of carbonyl (C=O) groups is 2. The number of carbonyl (C=O) groups excluding carboxylic acids is 1. The van der Waals surface area contributed by atoms with Crippen LogP contribution in [-0.4, -0.2) is 47.8 Å². The Kier molecular flexibility index (Phi) is 4.80. The fourth-order valence-corrected chi connectivity index (χ4v) is 2.74. The van der Waals surface area contributed by atoms with E-state index < -0.39 is 11.8 Å². The lowest BCUT2D eigenvalue weighted by molar-refractivity contribution is 0.0696. The minimum Gasteiger partial charge on any atom is -0.478 e. The van der Waals surface area contributed by atoms with Gasteiger partial charge in [0.25, 0.3) is 0 Å². The van der Waals surface area contributed by atoms with Crippen LogP contribution in [0.3, 0.4) is 0 Å². The number of carboxylic acids is 1. The molecule has 1 N–H and O–H groups in total. The quantitative estimate of drug-likeness (QED) is 0.524. The van der Waals surface area contributed by atoms with E-state index in [1.807, 2.05) is 0 Å². The van der Waals surface area contributed by atoms with Crippen LogP contribution in [0, 0.1) is 5.82 Å². The van der Waals surface area contributed by atoms with E-state index in [1.165, 1.54) is 23.0 Å². The zero-order valence-electron chi connectivity index (χ0n) is 12.5. The molecular formula is C15H10FN5O3S. The lowest BCUT2D eigenvalue weighted by Gasteiger charge is -2.04. The number of aromatic carboxylic acids is 1. The van der Waals surface area contributed by atoms with Crippen LogP contribution in [0.25, 0.3) is 5.69 Å². The minimum atomic E-state index is -1.04. The van der Waals surface area contributed by atoms with Crippen molar-refractivity contribution in [1.82, 2.24) is 25.2 Å². The summed E-state index contributed by atoms with van der Waals surface area (Å²) in [6.07, 6.45) is 2.31. The molecule has 0 saturated carbocycles. The van der Waals surface area contributed by atoms with Gasteiger partial charge in [0.05, 0.1) is 23.2 Å². The van der Waals surface area contributed by atoms with Gasteiger partial charge in [-0.15, -0.1) is 5.10 Å². The van der Waals surface area contributed by atoms with E-state index in [0.717, 1.165) is 24.0 Å². The van der Waals surface area contributed by atoms with Crippen molar-refractivity contribution in [2.24, 2.45) is 0 Å². The van der Waals surface area contributed by atoms with E-state index in [-0.39, 0.29) is 22.7 Å². The molecule has 0 aliphatic carbocycles. The van der Waals surface area contributed by atoms with Crippen molar-refractivity contribution >= 4 is 23.5 Å². The molecule has 2 heterocycles. The molecule has 2 aromatic heterocycles. The Balaban J connectivity index is 1.73. The number of tetrazole rings is 1. The summed E-state index contributed by atoms with van der Waals surface area (Å²) in [6, 6.07) is 7.09. The van der Waals surface area contributed by atoms with Gasteiger partial charge in [0.2, 0.25) is 5.16 Å². The van der Waals surface area contributed by atoms with Crippen LogP contribution in [0.15, 0.2) is 47.9 Å². The average molecular weight is 359 g/mol. The van der Waals surface area contributed by atoms with Crippen molar-refractivity contribution in [3.63, 3.8) is 0 Å². The molecule has 0 unspecified atom stereocenters. The summed E-state index contributed by atoms with van der Waals surface area (Å²) in [4.78, 5) is 26.6. The lowest BCUT2D eigenvalue weighted by Crippen LogP contribution is -2.06. The third-order valence-corrected chi connectivity index (χ3v) is 4.08. The highest BCUT2D eigenvalue weighted by Crippen LogP contribution is 2.20. The Morgan fingerprint density at radius 3 is 2.60 bits per heavy atom. The second-order valence-corrected chi connectivity index (χ2v) is 5.77. The van der Waals surface area contributed by atoms with Crippen LogP contribution < -0.4 is 0 Å². The Hall–Kier alpha value is -3.14. The van der Waals surface area contributed by atoms with Gasteiger partial charge < -0.3 is 5.11 Å². The summed E-state index contributed by atoms with van der Waals surface area (Å²) < 4.78 is 14.5. The number of aromatic nitrogens is 5. The fourth-order valence-electron chi connectivity index (χ4n) is 1.95. The molecule has 3 rings (SSSR count). The van der Waals surface area contributed by atoms with Gasteiger partial charge in [0, 0.05) is 11.8 Å². The van der Waals surface area contributed by atoms with Crippen molar-refractivity contribution in [2.45, 2.75) is 5.16 Å². The molecule has 25 heavy (non-hydrogen) atoms. The summed E-state index contributed by atoms with van der Waals surface area (Å²) in [5.74, 6) is -1.93. The van der Waals surface area contributed by atoms with Gasteiger partial charge in [-0.3, -0.25) is 9.78 Å². The summed E-state index contributed by atoms with van der Waals surface area (Å²) in [7, 11) is 0. The zero-order valence-corrected chi connectivity index (χ0v) is 13.4. The summed E-state index contributed by atoms with van der Waals surface area (Å²) in [5.41, 5.74) is 0.856. The monoisotopic (exact) mass is 359 g/mol. The average Bonchev–Trinajstić information content (AvgIpc) is 3.08. The lowest BCUT2D eigenvalue weighted by atomic mass is 10.2. The molecule has 10 heteroatoms. The van der Waals surface area contributed by atoms with Gasteiger partial charge in [0.1, 0.15) is 5.82 Å². The smallest absolute Gasteiger partial charge is 0.335 e. The number of benzene rings is 1. The van der Waals surface area contributed by atoms with Crippen LogP contribution in [0.1, 0.15) is 20.7 Å². The van der Waals surface area contributed by atoms with E-state index in [9.17, 15) is 14.0 Å². The predicted octanol–water partition coefficient (Wildman–Crippen LogP) is 1.87. The number of halogens is 1. The molecule has 0 fully saturated rings. The Morgan fingerprint density at radius 2 is 1.92 bits per heavy atom. The highest BCUT2D eigenvalue weighted by molar-refractivity contribution is 7.99. The molecule has 1 aromatic carbocycles. The number of nitrogens with zero attached hydrogens (tertiary/aromatic N) is 5. The fraction of sp³-hybridized carbons (Fsp3) is 0.0667. The van der Waals surface area contributed by atoms with E-state index in [4.69, 9.17) is 5.11 Å². The molecule has 0 aliphatic rings. The molecule has 0 radical (unpaired) electrons.